The fraction of sp³-hybridized carbons (Fsp3) is 0.188. The molecule has 0 atom stereocenters. The highest BCUT2D eigenvalue weighted by molar-refractivity contribution is 7.99. The fourth-order valence-electron chi connectivity index (χ4n) is 2.18. The van der Waals surface area contributed by atoms with Crippen LogP contribution in [0.3, 0.4) is 0 Å². The Kier molecular flexibility index (Phi) is 4.40. The molecule has 0 spiro atoms. The Labute approximate surface area is 135 Å². The van der Waals surface area contributed by atoms with E-state index in [-0.39, 0.29) is 17.1 Å². The highest BCUT2D eigenvalue weighted by Gasteiger charge is 2.13. The molecule has 112 valence electrons. The molecule has 0 fully saturated rings. The Morgan fingerprint density at radius 3 is 2.82 bits per heavy atom. The Hall–Kier alpha value is -1.92. The van der Waals surface area contributed by atoms with Crippen LogP contribution in [0.5, 0.6) is 0 Å². The van der Waals surface area contributed by atoms with Gasteiger partial charge in [0.2, 0.25) is 0 Å². The minimum Gasteiger partial charge on any atom is -0.292 e. The normalized spacial score (nSPS) is 11.0. The van der Waals surface area contributed by atoms with Crippen LogP contribution in [0.1, 0.15) is 16.6 Å². The van der Waals surface area contributed by atoms with Crippen LogP contribution >= 0.6 is 23.1 Å². The average Bonchev–Trinajstić information content (AvgIpc) is 3.07. The topological polar surface area (TPSA) is 52.0 Å². The number of nitrogens with zero attached hydrogens (tertiary/aromatic N) is 2. The molecule has 0 radical (unpaired) electrons. The van der Waals surface area contributed by atoms with Gasteiger partial charge >= 0.3 is 0 Å². The minimum absolute atomic E-state index is 0.0563. The maximum atomic E-state index is 12.5. The van der Waals surface area contributed by atoms with Crippen molar-refractivity contribution in [3.63, 3.8) is 0 Å². The molecule has 0 saturated heterocycles. The van der Waals surface area contributed by atoms with E-state index in [2.05, 4.69) is 4.98 Å². The number of ketones is 1. The lowest BCUT2D eigenvalue weighted by atomic mass is 10.2. The van der Waals surface area contributed by atoms with Gasteiger partial charge < -0.3 is 0 Å². The highest BCUT2D eigenvalue weighted by Crippen LogP contribution is 2.20. The summed E-state index contributed by atoms with van der Waals surface area (Å²) in [6.07, 6.45) is 0. The van der Waals surface area contributed by atoms with Crippen LogP contribution in [0.2, 0.25) is 0 Å². The number of rotatable bonds is 5. The number of carbonyl (C=O) groups is 1. The third-order valence-corrected chi connectivity index (χ3v) is 5.16. The molecule has 0 amide bonds. The summed E-state index contributed by atoms with van der Waals surface area (Å²) in [5.74, 6) is 0.343. The first-order valence-electron chi connectivity index (χ1n) is 6.89. The molecule has 3 aromatic rings. The van der Waals surface area contributed by atoms with Gasteiger partial charge in [-0.25, -0.2) is 4.98 Å². The number of hydrogen-bond donors (Lipinski definition) is 0. The lowest BCUT2D eigenvalue weighted by Gasteiger charge is -2.10. The van der Waals surface area contributed by atoms with Crippen molar-refractivity contribution in [1.29, 1.82) is 0 Å². The third kappa shape index (κ3) is 2.84. The average molecular weight is 330 g/mol. The third-order valence-electron chi connectivity index (χ3n) is 3.27. The molecule has 2 aromatic heterocycles. The van der Waals surface area contributed by atoms with E-state index in [0.29, 0.717) is 22.6 Å². The molecule has 22 heavy (non-hydrogen) atoms. The van der Waals surface area contributed by atoms with Gasteiger partial charge in [0.15, 0.2) is 10.9 Å². The minimum atomic E-state index is -0.0563. The number of aromatic nitrogens is 2. The molecule has 0 aliphatic heterocycles. The predicted octanol–water partition coefficient (Wildman–Crippen LogP) is 3.45. The van der Waals surface area contributed by atoms with Gasteiger partial charge in [-0.15, -0.1) is 11.3 Å². The number of thioether (sulfide) groups is 1. The molecule has 0 aliphatic carbocycles. The van der Waals surface area contributed by atoms with E-state index in [4.69, 9.17) is 0 Å². The molecule has 0 N–H and O–H groups in total. The summed E-state index contributed by atoms with van der Waals surface area (Å²) in [5, 5.41) is 3.09. The Balaban J connectivity index is 1.93. The first-order valence-corrected chi connectivity index (χ1v) is 8.76. The van der Waals surface area contributed by atoms with Gasteiger partial charge in [-0.1, -0.05) is 30.0 Å². The molecule has 0 bridgehead atoms. The quantitative estimate of drug-likeness (QED) is 0.408. The Morgan fingerprint density at radius 2 is 2.09 bits per heavy atom. The van der Waals surface area contributed by atoms with Gasteiger partial charge in [0.25, 0.3) is 5.56 Å². The van der Waals surface area contributed by atoms with E-state index in [1.165, 1.54) is 23.1 Å². The molecular weight excluding hydrogens is 316 g/mol. The molecule has 1 aromatic carbocycles. The molecule has 4 nitrogen and oxygen atoms in total. The summed E-state index contributed by atoms with van der Waals surface area (Å²) in [6.45, 7) is 2.44. The molecule has 3 rings (SSSR count). The molecule has 0 saturated carbocycles. The fourth-order valence-corrected chi connectivity index (χ4v) is 3.88. The van der Waals surface area contributed by atoms with E-state index < -0.39 is 0 Å². The lowest BCUT2D eigenvalue weighted by Crippen LogP contribution is -2.22. The first-order chi connectivity index (χ1) is 10.7. The van der Waals surface area contributed by atoms with Gasteiger partial charge in [0.1, 0.15) is 0 Å². The number of fused-ring (bicyclic) bond motifs is 1. The number of carbonyl (C=O) groups excluding carboxylic acids is 1. The highest BCUT2D eigenvalue weighted by atomic mass is 32.2. The Bertz CT molecular complexity index is 869. The number of Topliss-reactive ketones (excluding diaryl/α,β-unsaturated/α-hetero) is 1. The number of hydrogen-bond acceptors (Lipinski definition) is 5. The molecule has 6 heteroatoms. The van der Waals surface area contributed by atoms with Gasteiger partial charge in [0.05, 0.1) is 21.5 Å². The lowest BCUT2D eigenvalue weighted by molar-refractivity contribution is 0.102. The standard InChI is InChI=1S/C16H14N2O2S2/c1-2-18-15(20)11-6-3-4-7-12(11)17-16(18)22-10-13(19)14-8-5-9-21-14/h3-9H,2,10H2,1H3. The predicted molar refractivity (Wildman–Crippen MR) is 91.1 cm³/mol. The monoisotopic (exact) mass is 330 g/mol. The van der Waals surface area contributed by atoms with Crippen LogP contribution in [-0.2, 0) is 6.54 Å². The number of para-hydroxylation sites is 1. The summed E-state index contributed by atoms with van der Waals surface area (Å²) in [5.41, 5.74) is 0.613. The van der Waals surface area contributed by atoms with Crippen molar-refractivity contribution in [3.05, 3.63) is 57.0 Å². The van der Waals surface area contributed by atoms with Crippen molar-refractivity contribution in [1.82, 2.24) is 9.55 Å². The van der Waals surface area contributed by atoms with Gasteiger partial charge in [0, 0.05) is 6.54 Å². The van der Waals surface area contributed by atoms with Crippen molar-refractivity contribution in [3.8, 4) is 0 Å². The van der Waals surface area contributed by atoms with E-state index >= 15 is 0 Å². The van der Waals surface area contributed by atoms with Crippen molar-refractivity contribution in [2.24, 2.45) is 0 Å². The van der Waals surface area contributed by atoms with E-state index in [1.807, 2.05) is 42.6 Å². The van der Waals surface area contributed by atoms with Crippen molar-refractivity contribution in [2.75, 3.05) is 5.75 Å². The van der Waals surface area contributed by atoms with E-state index in [0.717, 1.165) is 4.88 Å². The SMILES string of the molecule is CCn1c(SCC(=O)c2cccs2)nc2ccccc2c1=O. The van der Waals surface area contributed by atoms with Crippen molar-refractivity contribution < 1.29 is 4.79 Å². The summed E-state index contributed by atoms with van der Waals surface area (Å²) >= 11 is 2.75. The zero-order valence-corrected chi connectivity index (χ0v) is 13.6. The Morgan fingerprint density at radius 1 is 1.27 bits per heavy atom. The molecule has 0 aliphatic rings. The van der Waals surface area contributed by atoms with Crippen molar-refractivity contribution in [2.45, 2.75) is 18.6 Å². The first kappa shape index (κ1) is 15.0. The second kappa shape index (κ2) is 6.46. The van der Waals surface area contributed by atoms with Crippen LogP contribution < -0.4 is 5.56 Å². The second-order valence-corrected chi connectivity index (χ2v) is 6.54. The number of thiophene rings is 1. The van der Waals surface area contributed by atoms with E-state index in [9.17, 15) is 9.59 Å². The van der Waals surface area contributed by atoms with Crippen LogP contribution in [0.4, 0.5) is 0 Å². The van der Waals surface area contributed by atoms with Gasteiger partial charge in [-0.3, -0.25) is 14.2 Å². The van der Waals surface area contributed by atoms with Gasteiger partial charge in [-0.2, -0.15) is 0 Å². The summed E-state index contributed by atoms with van der Waals surface area (Å²) in [6, 6.07) is 11.0. The largest absolute Gasteiger partial charge is 0.292 e. The van der Waals surface area contributed by atoms with Crippen LogP contribution in [-0.4, -0.2) is 21.1 Å². The summed E-state index contributed by atoms with van der Waals surface area (Å²) < 4.78 is 1.62. The molecular formula is C16H14N2O2S2. The maximum Gasteiger partial charge on any atom is 0.262 e. The van der Waals surface area contributed by atoms with Crippen LogP contribution in [0.15, 0.2) is 51.7 Å². The van der Waals surface area contributed by atoms with Crippen LogP contribution in [0.25, 0.3) is 10.9 Å². The zero-order chi connectivity index (χ0) is 15.5. The van der Waals surface area contributed by atoms with Crippen LogP contribution in [0, 0.1) is 0 Å². The molecule has 0 unspecified atom stereocenters. The van der Waals surface area contributed by atoms with Gasteiger partial charge in [-0.05, 0) is 30.5 Å². The zero-order valence-electron chi connectivity index (χ0n) is 12.0. The summed E-state index contributed by atoms with van der Waals surface area (Å²) in [7, 11) is 0. The second-order valence-electron chi connectivity index (χ2n) is 4.65. The maximum absolute atomic E-state index is 12.5. The van der Waals surface area contributed by atoms with Crippen molar-refractivity contribution >= 4 is 39.8 Å². The molecule has 2 heterocycles. The smallest absolute Gasteiger partial charge is 0.262 e. The summed E-state index contributed by atoms with van der Waals surface area (Å²) in [4.78, 5) is 29.9. The number of benzene rings is 1. The van der Waals surface area contributed by atoms with E-state index in [1.54, 1.807) is 10.6 Å².